The minimum atomic E-state index is -0.992. The van der Waals surface area contributed by atoms with E-state index in [2.05, 4.69) is 5.32 Å². The van der Waals surface area contributed by atoms with Gasteiger partial charge in [-0.15, -0.1) is 0 Å². The quantitative estimate of drug-likeness (QED) is 0.900. The van der Waals surface area contributed by atoms with Gasteiger partial charge in [-0.1, -0.05) is 6.92 Å². The predicted molar refractivity (Wildman–Crippen MR) is 70.0 cm³/mol. The number of nitrogens with one attached hydrogen (secondary N) is 1. The van der Waals surface area contributed by atoms with E-state index in [9.17, 15) is 14.0 Å². The highest BCUT2D eigenvalue weighted by atomic mass is 19.1. The van der Waals surface area contributed by atoms with Crippen molar-refractivity contribution in [2.24, 2.45) is 5.92 Å². The number of carboxylic acids is 1. The summed E-state index contributed by atoms with van der Waals surface area (Å²) in [6.45, 7) is 3.14. The van der Waals surface area contributed by atoms with Gasteiger partial charge in [-0.2, -0.15) is 0 Å². The SMILES string of the molecule is Cc1c(C(=O)NCC(C)C(=O)O)oc2ccc(F)cc12. The fraction of sp³-hybridized carbons (Fsp3) is 0.286. The van der Waals surface area contributed by atoms with Gasteiger partial charge >= 0.3 is 5.97 Å². The van der Waals surface area contributed by atoms with E-state index in [1.54, 1.807) is 6.92 Å². The number of hydrogen-bond acceptors (Lipinski definition) is 3. The first-order valence-corrected chi connectivity index (χ1v) is 6.09. The van der Waals surface area contributed by atoms with Crippen molar-refractivity contribution in [3.05, 3.63) is 35.3 Å². The summed E-state index contributed by atoms with van der Waals surface area (Å²) in [5.74, 6) is -2.53. The maximum atomic E-state index is 13.2. The first-order valence-electron chi connectivity index (χ1n) is 6.09. The normalized spacial score (nSPS) is 12.3. The number of furan rings is 1. The molecule has 0 aliphatic rings. The number of amides is 1. The van der Waals surface area contributed by atoms with Gasteiger partial charge in [0.15, 0.2) is 5.76 Å². The number of rotatable bonds is 4. The molecule has 1 amide bonds. The predicted octanol–water partition coefficient (Wildman–Crippen LogP) is 2.33. The molecule has 0 radical (unpaired) electrons. The molecule has 6 heteroatoms. The van der Waals surface area contributed by atoms with Gasteiger partial charge in [0.1, 0.15) is 11.4 Å². The van der Waals surface area contributed by atoms with E-state index in [0.717, 1.165) is 0 Å². The Morgan fingerprint density at radius 2 is 2.15 bits per heavy atom. The fourth-order valence-corrected chi connectivity index (χ4v) is 1.82. The van der Waals surface area contributed by atoms with Crippen LogP contribution in [0.4, 0.5) is 4.39 Å². The summed E-state index contributed by atoms with van der Waals surface area (Å²) in [5.41, 5.74) is 0.945. The second-order valence-corrected chi connectivity index (χ2v) is 4.65. The molecule has 106 valence electrons. The Hall–Kier alpha value is -2.37. The monoisotopic (exact) mass is 279 g/mol. The molecule has 1 atom stereocenters. The lowest BCUT2D eigenvalue weighted by Gasteiger charge is -2.07. The van der Waals surface area contributed by atoms with Gasteiger partial charge in [0, 0.05) is 17.5 Å². The van der Waals surface area contributed by atoms with Crippen LogP contribution in [0.1, 0.15) is 23.0 Å². The molecule has 2 N–H and O–H groups in total. The first-order chi connectivity index (χ1) is 9.40. The highest BCUT2D eigenvalue weighted by Crippen LogP contribution is 2.25. The number of aryl methyl sites for hydroxylation is 1. The van der Waals surface area contributed by atoms with Crippen LogP contribution < -0.4 is 5.32 Å². The molecule has 1 aromatic heterocycles. The van der Waals surface area contributed by atoms with Crippen LogP contribution in [-0.4, -0.2) is 23.5 Å². The van der Waals surface area contributed by atoms with Crippen molar-refractivity contribution in [1.82, 2.24) is 5.32 Å². The molecule has 5 nitrogen and oxygen atoms in total. The number of carboxylic acid groups (broad SMARTS) is 1. The number of benzene rings is 1. The average Bonchev–Trinajstić information content (AvgIpc) is 2.73. The highest BCUT2D eigenvalue weighted by Gasteiger charge is 2.19. The Balaban J connectivity index is 2.22. The van der Waals surface area contributed by atoms with E-state index in [1.807, 2.05) is 0 Å². The van der Waals surface area contributed by atoms with E-state index in [0.29, 0.717) is 16.5 Å². The number of halogens is 1. The topological polar surface area (TPSA) is 79.5 Å². The number of hydrogen-bond donors (Lipinski definition) is 2. The summed E-state index contributed by atoms with van der Waals surface area (Å²) in [6.07, 6.45) is 0. The van der Waals surface area contributed by atoms with Crippen molar-refractivity contribution in [3.8, 4) is 0 Å². The number of carbonyl (C=O) groups excluding carboxylic acids is 1. The average molecular weight is 279 g/mol. The molecule has 0 saturated carbocycles. The lowest BCUT2D eigenvalue weighted by atomic mass is 10.1. The van der Waals surface area contributed by atoms with Crippen molar-refractivity contribution in [1.29, 1.82) is 0 Å². The van der Waals surface area contributed by atoms with Gasteiger partial charge in [-0.05, 0) is 25.1 Å². The Kier molecular flexibility index (Phi) is 3.74. The summed E-state index contributed by atoms with van der Waals surface area (Å²) in [5, 5.41) is 11.8. The Bertz CT molecular complexity index is 677. The number of fused-ring (bicyclic) bond motifs is 1. The second-order valence-electron chi connectivity index (χ2n) is 4.65. The van der Waals surface area contributed by atoms with Crippen molar-refractivity contribution in [3.63, 3.8) is 0 Å². The van der Waals surface area contributed by atoms with Gasteiger partial charge in [-0.3, -0.25) is 9.59 Å². The number of carbonyl (C=O) groups is 2. The maximum Gasteiger partial charge on any atom is 0.308 e. The lowest BCUT2D eigenvalue weighted by Crippen LogP contribution is -2.31. The molecule has 20 heavy (non-hydrogen) atoms. The third-order valence-electron chi connectivity index (χ3n) is 3.09. The standard InChI is InChI=1S/C14H14FNO4/c1-7(14(18)19)6-16-13(17)12-8(2)10-5-9(15)3-4-11(10)20-12/h3-5,7H,6H2,1-2H3,(H,16,17)(H,18,19). The molecule has 1 unspecified atom stereocenters. The van der Waals surface area contributed by atoms with Gasteiger partial charge in [0.2, 0.25) is 0 Å². The Morgan fingerprint density at radius 3 is 2.80 bits per heavy atom. The van der Waals surface area contributed by atoms with E-state index in [4.69, 9.17) is 9.52 Å². The van der Waals surface area contributed by atoms with Crippen molar-refractivity contribution in [2.45, 2.75) is 13.8 Å². The smallest absolute Gasteiger partial charge is 0.308 e. The first kappa shape index (κ1) is 14.0. The molecule has 2 rings (SSSR count). The summed E-state index contributed by atoms with van der Waals surface area (Å²) >= 11 is 0. The van der Waals surface area contributed by atoms with Crippen molar-refractivity contribution >= 4 is 22.8 Å². The van der Waals surface area contributed by atoms with Crippen LogP contribution in [0.15, 0.2) is 22.6 Å². The van der Waals surface area contributed by atoms with Crippen LogP contribution in [0.2, 0.25) is 0 Å². The van der Waals surface area contributed by atoms with E-state index in [1.165, 1.54) is 25.1 Å². The largest absolute Gasteiger partial charge is 0.481 e. The van der Waals surface area contributed by atoms with Crippen molar-refractivity contribution in [2.75, 3.05) is 6.54 Å². The zero-order chi connectivity index (χ0) is 14.9. The molecule has 0 aliphatic heterocycles. The third kappa shape index (κ3) is 2.64. The molecule has 0 bridgehead atoms. The van der Waals surface area contributed by atoms with Gasteiger partial charge in [-0.25, -0.2) is 4.39 Å². The molecule has 0 fully saturated rings. The summed E-state index contributed by atoms with van der Waals surface area (Å²) in [4.78, 5) is 22.6. The van der Waals surface area contributed by atoms with Gasteiger partial charge in [0.25, 0.3) is 5.91 Å². The zero-order valence-corrected chi connectivity index (χ0v) is 11.1. The van der Waals surface area contributed by atoms with Crippen LogP contribution in [0, 0.1) is 18.7 Å². The van der Waals surface area contributed by atoms with Crippen LogP contribution in [0.5, 0.6) is 0 Å². The summed E-state index contributed by atoms with van der Waals surface area (Å²) in [6, 6.07) is 4.00. The highest BCUT2D eigenvalue weighted by molar-refractivity contribution is 5.99. The summed E-state index contributed by atoms with van der Waals surface area (Å²) in [7, 11) is 0. The minimum Gasteiger partial charge on any atom is -0.481 e. The third-order valence-corrected chi connectivity index (χ3v) is 3.09. The Morgan fingerprint density at radius 1 is 1.45 bits per heavy atom. The zero-order valence-electron chi connectivity index (χ0n) is 11.1. The Labute approximate surface area is 114 Å². The maximum absolute atomic E-state index is 13.2. The van der Waals surface area contributed by atoms with Crippen LogP contribution in [0.25, 0.3) is 11.0 Å². The molecule has 1 aromatic carbocycles. The van der Waals surface area contributed by atoms with Crippen LogP contribution in [0.3, 0.4) is 0 Å². The van der Waals surface area contributed by atoms with E-state index in [-0.39, 0.29) is 12.3 Å². The van der Waals surface area contributed by atoms with Gasteiger partial charge < -0.3 is 14.8 Å². The fourth-order valence-electron chi connectivity index (χ4n) is 1.82. The molecule has 2 aromatic rings. The lowest BCUT2D eigenvalue weighted by molar-refractivity contribution is -0.140. The minimum absolute atomic E-state index is 0.000979. The second kappa shape index (κ2) is 5.32. The molecular weight excluding hydrogens is 265 g/mol. The summed E-state index contributed by atoms with van der Waals surface area (Å²) < 4.78 is 18.5. The molecule has 1 heterocycles. The molecular formula is C14H14FNO4. The molecule has 0 aliphatic carbocycles. The molecule has 0 spiro atoms. The molecule has 0 saturated heterocycles. The number of aliphatic carboxylic acids is 1. The van der Waals surface area contributed by atoms with E-state index < -0.39 is 23.6 Å². The van der Waals surface area contributed by atoms with Crippen molar-refractivity contribution < 1.29 is 23.5 Å². The van der Waals surface area contributed by atoms with E-state index >= 15 is 0 Å². The van der Waals surface area contributed by atoms with Crippen LogP contribution in [-0.2, 0) is 4.79 Å². The van der Waals surface area contributed by atoms with Gasteiger partial charge in [0.05, 0.1) is 5.92 Å². The van der Waals surface area contributed by atoms with Crippen LogP contribution >= 0.6 is 0 Å².